The van der Waals surface area contributed by atoms with Gasteiger partial charge in [-0.1, -0.05) is 18.6 Å². The minimum absolute atomic E-state index is 0.142. The SMILES string of the molecule is NS(=O)(=O)c1ccc(NCc2cccc(OC3CCCCC3)c2)cc1C(F)(F)F. The third kappa shape index (κ3) is 5.86. The van der Waals surface area contributed by atoms with Gasteiger partial charge >= 0.3 is 6.18 Å². The van der Waals surface area contributed by atoms with Gasteiger partial charge in [-0.15, -0.1) is 0 Å². The standard InChI is InChI=1S/C20H23F3N2O3S/c21-20(22,23)18-12-15(9-10-19(18)29(24,26)27)25-13-14-5-4-8-17(11-14)28-16-6-2-1-3-7-16/h4-5,8-12,16,25H,1-3,6-7,13H2,(H2,24,26,27). The molecule has 3 N–H and O–H groups in total. The Morgan fingerprint density at radius 2 is 1.79 bits per heavy atom. The van der Waals surface area contributed by atoms with Crippen molar-refractivity contribution in [3.63, 3.8) is 0 Å². The normalized spacial score (nSPS) is 15.9. The van der Waals surface area contributed by atoms with Crippen molar-refractivity contribution in [2.45, 2.75) is 55.8 Å². The van der Waals surface area contributed by atoms with Gasteiger partial charge in [0.15, 0.2) is 0 Å². The summed E-state index contributed by atoms with van der Waals surface area (Å²) in [5.41, 5.74) is -0.315. The molecular weight excluding hydrogens is 405 g/mol. The second-order valence-corrected chi connectivity index (χ2v) is 8.66. The first-order valence-corrected chi connectivity index (χ1v) is 10.9. The van der Waals surface area contributed by atoms with E-state index in [0.29, 0.717) is 0 Å². The fraction of sp³-hybridized carbons (Fsp3) is 0.400. The van der Waals surface area contributed by atoms with Crippen LogP contribution in [0.15, 0.2) is 47.4 Å². The maximum absolute atomic E-state index is 13.2. The molecule has 0 radical (unpaired) electrons. The van der Waals surface area contributed by atoms with Crippen LogP contribution in [-0.2, 0) is 22.7 Å². The summed E-state index contributed by atoms with van der Waals surface area (Å²) in [6, 6.07) is 10.3. The van der Waals surface area contributed by atoms with Crippen LogP contribution in [0.3, 0.4) is 0 Å². The quantitative estimate of drug-likeness (QED) is 0.700. The van der Waals surface area contributed by atoms with Crippen LogP contribution >= 0.6 is 0 Å². The van der Waals surface area contributed by atoms with Gasteiger partial charge < -0.3 is 10.1 Å². The Morgan fingerprint density at radius 1 is 1.07 bits per heavy atom. The minimum atomic E-state index is -4.84. The zero-order valence-corrected chi connectivity index (χ0v) is 16.5. The van der Waals surface area contributed by atoms with E-state index < -0.39 is 26.7 Å². The van der Waals surface area contributed by atoms with Crippen LogP contribution in [0, 0.1) is 0 Å². The summed E-state index contributed by atoms with van der Waals surface area (Å²) in [5.74, 6) is 0.733. The molecule has 3 rings (SSSR count). The molecule has 0 aliphatic heterocycles. The van der Waals surface area contributed by atoms with Crippen molar-refractivity contribution in [3.05, 3.63) is 53.6 Å². The molecule has 0 atom stereocenters. The Labute approximate surface area is 168 Å². The van der Waals surface area contributed by atoms with Gasteiger partial charge in [-0.05, 0) is 61.6 Å². The van der Waals surface area contributed by atoms with Crippen molar-refractivity contribution in [2.24, 2.45) is 5.14 Å². The highest BCUT2D eigenvalue weighted by Gasteiger charge is 2.36. The first-order valence-electron chi connectivity index (χ1n) is 9.36. The van der Waals surface area contributed by atoms with E-state index in [2.05, 4.69) is 5.32 Å². The van der Waals surface area contributed by atoms with Crippen LogP contribution in [0.5, 0.6) is 5.75 Å². The molecule has 29 heavy (non-hydrogen) atoms. The molecule has 1 fully saturated rings. The fourth-order valence-corrected chi connectivity index (χ4v) is 4.16. The van der Waals surface area contributed by atoms with Crippen LogP contribution in [0.25, 0.3) is 0 Å². The smallest absolute Gasteiger partial charge is 0.417 e. The number of nitrogens with one attached hydrogen (secondary N) is 1. The zero-order valence-electron chi connectivity index (χ0n) is 15.7. The van der Waals surface area contributed by atoms with Crippen molar-refractivity contribution in [1.29, 1.82) is 0 Å². The van der Waals surface area contributed by atoms with Gasteiger partial charge in [-0.3, -0.25) is 0 Å². The Hall–Kier alpha value is -2.26. The summed E-state index contributed by atoms with van der Waals surface area (Å²) in [4.78, 5) is -0.946. The molecule has 0 aromatic heterocycles. The van der Waals surface area contributed by atoms with E-state index in [1.807, 2.05) is 24.3 Å². The number of sulfonamides is 1. The Balaban J connectivity index is 1.72. The molecule has 1 saturated carbocycles. The molecular formula is C20H23F3N2O3S. The molecule has 2 aromatic carbocycles. The predicted molar refractivity (Wildman–Crippen MR) is 104 cm³/mol. The lowest BCUT2D eigenvalue weighted by Crippen LogP contribution is -2.19. The average Bonchev–Trinajstić information content (AvgIpc) is 2.66. The predicted octanol–water partition coefficient (Wildman–Crippen LogP) is 4.68. The largest absolute Gasteiger partial charge is 0.490 e. The van der Waals surface area contributed by atoms with Gasteiger partial charge in [-0.2, -0.15) is 13.2 Å². The highest BCUT2D eigenvalue weighted by molar-refractivity contribution is 7.89. The molecule has 0 amide bonds. The third-order valence-electron chi connectivity index (χ3n) is 4.84. The molecule has 9 heteroatoms. The number of anilines is 1. The van der Waals surface area contributed by atoms with E-state index >= 15 is 0 Å². The van der Waals surface area contributed by atoms with Crippen molar-refractivity contribution in [2.75, 3.05) is 5.32 Å². The van der Waals surface area contributed by atoms with Crippen molar-refractivity contribution in [3.8, 4) is 5.75 Å². The van der Waals surface area contributed by atoms with Gasteiger partial charge in [0.1, 0.15) is 5.75 Å². The monoisotopic (exact) mass is 428 g/mol. The van der Waals surface area contributed by atoms with E-state index in [9.17, 15) is 21.6 Å². The lowest BCUT2D eigenvalue weighted by molar-refractivity contribution is -0.139. The average molecular weight is 428 g/mol. The van der Waals surface area contributed by atoms with E-state index in [0.717, 1.165) is 49.1 Å². The van der Waals surface area contributed by atoms with Crippen LogP contribution < -0.4 is 15.2 Å². The number of rotatable bonds is 6. The fourth-order valence-electron chi connectivity index (χ4n) is 3.42. The number of primary sulfonamides is 1. The lowest BCUT2D eigenvalue weighted by Gasteiger charge is -2.23. The van der Waals surface area contributed by atoms with Crippen LogP contribution in [0.4, 0.5) is 18.9 Å². The highest BCUT2D eigenvalue weighted by Crippen LogP contribution is 2.35. The van der Waals surface area contributed by atoms with Crippen molar-refractivity contribution < 1.29 is 26.3 Å². The van der Waals surface area contributed by atoms with E-state index in [1.165, 1.54) is 12.5 Å². The van der Waals surface area contributed by atoms with E-state index in [-0.39, 0.29) is 18.3 Å². The number of halogens is 3. The maximum Gasteiger partial charge on any atom is 0.417 e. The van der Waals surface area contributed by atoms with Crippen molar-refractivity contribution >= 4 is 15.7 Å². The third-order valence-corrected chi connectivity index (χ3v) is 5.81. The van der Waals surface area contributed by atoms with Gasteiger partial charge in [0.25, 0.3) is 0 Å². The number of hydrogen-bond donors (Lipinski definition) is 2. The van der Waals surface area contributed by atoms with E-state index in [1.54, 1.807) is 0 Å². The molecule has 0 bridgehead atoms. The molecule has 158 valence electrons. The number of ether oxygens (including phenoxy) is 1. The number of alkyl halides is 3. The zero-order chi connectivity index (χ0) is 21.1. The van der Waals surface area contributed by atoms with Crippen LogP contribution in [0.2, 0.25) is 0 Å². The summed E-state index contributed by atoms with van der Waals surface area (Å²) in [6.45, 7) is 0.258. The van der Waals surface area contributed by atoms with Crippen LogP contribution in [0.1, 0.15) is 43.2 Å². The number of benzene rings is 2. The molecule has 0 unspecified atom stereocenters. The summed E-state index contributed by atoms with van der Waals surface area (Å²) in [7, 11) is -4.48. The second-order valence-electron chi connectivity index (χ2n) is 7.13. The lowest BCUT2D eigenvalue weighted by atomic mass is 9.98. The summed E-state index contributed by atoms with van der Waals surface area (Å²) < 4.78 is 68.6. The Bertz CT molecular complexity index is 956. The molecule has 5 nitrogen and oxygen atoms in total. The topological polar surface area (TPSA) is 81.4 Å². The van der Waals surface area contributed by atoms with Gasteiger partial charge in [0.2, 0.25) is 10.0 Å². The summed E-state index contributed by atoms with van der Waals surface area (Å²) in [5, 5.41) is 7.79. The van der Waals surface area contributed by atoms with Gasteiger partial charge in [0, 0.05) is 12.2 Å². The minimum Gasteiger partial charge on any atom is -0.490 e. The van der Waals surface area contributed by atoms with Crippen LogP contribution in [-0.4, -0.2) is 14.5 Å². The molecule has 0 heterocycles. The molecule has 0 saturated heterocycles. The van der Waals surface area contributed by atoms with Gasteiger partial charge in [-0.25, -0.2) is 13.6 Å². The summed E-state index contributed by atoms with van der Waals surface area (Å²) in [6.07, 6.45) is 0.954. The van der Waals surface area contributed by atoms with Gasteiger partial charge in [0.05, 0.1) is 16.6 Å². The first-order chi connectivity index (χ1) is 13.6. The van der Waals surface area contributed by atoms with Crippen molar-refractivity contribution in [1.82, 2.24) is 0 Å². The summed E-state index contributed by atoms with van der Waals surface area (Å²) >= 11 is 0. The second kappa shape index (κ2) is 8.62. The molecule has 2 aromatic rings. The molecule has 1 aliphatic carbocycles. The number of nitrogens with two attached hydrogens (primary N) is 1. The molecule has 1 aliphatic rings. The molecule has 0 spiro atoms. The Morgan fingerprint density at radius 3 is 2.45 bits per heavy atom. The first kappa shape index (κ1) is 21.4. The van der Waals surface area contributed by atoms with E-state index in [4.69, 9.17) is 9.88 Å². The highest BCUT2D eigenvalue weighted by atomic mass is 32.2. The number of hydrogen-bond acceptors (Lipinski definition) is 4. The Kier molecular flexibility index (Phi) is 6.38. The maximum atomic E-state index is 13.2.